The Bertz CT molecular complexity index is 709. The predicted molar refractivity (Wildman–Crippen MR) is 97.7 cm³/mol. The van der Waals surface area contributed by atoms with Gasteiger partial charge >= 0.3 is 5.97 Å². The van der Waals surface area contributed by atoms with Crippen molar-refractivity contribution in [3.8, 4) is 5.75 Å². The van der Waals surface area contributed by atoms with Crippen molar-refractivity contribution in [3.05, 3.63) is 77.0 Å². The van der Waals surface area contributed by atoms with E-state index in [-0.39, 0.29) is 12.6 Å². The lowest BCUT2D eigenvalue weighted by atomic mass is 10.2. The van der Waals surface area contributed by atoms with E-state index in [1.807, 2.05) is 54.8 Å². The summed E-state index contributed by atoms with van der Waals surface area (Å²) in [7, 11) is 1.61. The molecule has 0 atom stereocenters. The average molecular weight is 341 g/mol. The highest BCUT2D eigenvalue weighted by molar-refractivity contribution is 8.03. The van der Waals surface area contributed by atoms with Gasteiger partial charge in [-0.05, 0) is 41.7 Å². The van der Waals surface area contributed by atoms with Gasteiger partial charge in [0.05, 0.1) is 12.0 Å². The highest BCUT2D eigenvalue weighted by atomic mass is 32.2. The molecule has 2 aromatic rings. The predicted octanol–water partition coefficient (Wildman–Crippen LogP) is 4.09. The molecule has 0 aliphatic carbocycles. The summed E-state index contributed by atoms with van der Waals surface area (Å²) in [4.78, 5) is 16.7. The standard InChI is InChI=1S/C19H19NO3S/c1-22-17-10-8-16(9-11-17)14-23-19(21)18(24-2)7-3-5-15-6-4-12-20-13-15/h3-13H,14H2,1-2H3/b5-3+,18-7-. The van der Waals surface area contributed by atoms with Crippen molar-refractivity contribution in [1.29, 1.82) is 0 Å². The minimum absolute atomic E-state index is 0.229. The van der Waals surface area contributed by atoms with Crippen LogP contribution in [-0.4, -0.2) is 24.3 Å². The molecule has 24 heavy (non-hydrogen) atoms. The summed E-state index contributed by atoms with van der Waals surface area (Å²) in [5, 5.41) is 0. The number of nitrogens with zero attached hydrogens (tertiary/aromatic N) is 1. The zero-order valence-corrected chi connectivity index (χ0v) is 14.5. The maximum absolute atomic E-state index is 12.1. The number of hydrogen-bond donors (Lipinski definition) is 0. The van der Waals surface area contributed by atoms with Crippen LogP contribution in [0.3, 0.4) is 0 Å². The van der Waals surface area contributed by atoms with E-state index >= 15 is 0 Å². The topological polar surface area (TPSA) is 48.4 Å². The Kier molecular flexibility index (Phi) is 7.11. The number of methoxy groups -OCH3 is 1. The molecule has 0 spiro atoms. The third-order valence-electron chi connectivity index (χ3n) is 3.17. The third kappa shape index (κ3) is 5.59. The van der Waals surface area contributed by atoms with E-state index in [2.05, 4.69) is 4.98 Å². The SMILES string of the molecule is COc1ccc(COC(=O)/C(=C/C=C/c2cccnc2)SC)cc1. The summed E-state index contributed by atoms with van der Waals surface area (Å²) in [5.41, 5.74) is 1.89. The Morgan fingerprint density at radius 2 is 2.04 bits per heavy atom. The highest BCUT2D eigenvalue weighted by Crippen LogP contribution is 2.17. The molecule has 5 heteroatoms. The van der Waals surface area contributed by atoms with Crippen LogP contribution in [0.25, 0.3) is 6.08 Å². The Morgan fingerprint density at radius 1 is 1.25 bits per heavy atom. The summed E-state index contributed by atoms with van der Waals surface area (Å²) in [6.07, 6.45) is 10.8. The molecule has 0 saturated heterocycles. The second-order valence-electron chi connectivity index (χ2n) is 4.80. The van der Waals surface area contributed by atoms with Gasteiger partial charge in [-0.3, -0.25) is 4.98 Å². The van der Waals surface area contributed by atoms with E-state index in [1.54, 1.807) is 25.6 Å². The maximum Gasteiger partial charge on any atom is 0.344 e. The number of thioether (sulfide) groups is 1. The number of benzene rings is 1. The number of esters is 1. The Morgan fingerprint density at radius 3 is 2.67 bits per heavy atom. The van der Waals surface area contributed by atoms with Crippen molar-refractivity contribution in [3.63, 3.8) is 0 Å². The summed E-state index contributed by atoms with van der Waals surface area (Å²) in [6.45, 7) is 0.229. The number of ether oxygens (including phenoxy) is 2. The van der Waals surface area contributed by atoms with Gasteiger partial charge in [-0.2, -0.15) is 0 Å². The zero-order chi connectivity index (χ0) is 17.2. The van der Waals surface area contributed by atoms with Crippen LogP contribution in [0.15, 0.2) is 65.8 Å². The normalized spacial score (nSPS) is 11.5. The van der Waals surface area contributed by atoms with Gasteiger partial charge in [0, 0.05) is 12.4 Å². The third-order valence-corrected chi connectivity index (χ3v) is 3.91. The lowest BCUT2D eigenvalue weighted by Gasteiger charge is -2.07. The first-order valence-electron chi connectivity index (χ1n) is 7.35. The maximum atomic E-state index is 12.1. The molecule has 1 aromatic heterocycles. The number of rotatable bonds is 7. The van der Waals surface area contributed by atoms with Crippen LogP contribution in [0.4, 0.5) is 0 Å². The molecule has 2 rings (SSSR count). The first-order chi connectivity index (χ1) is 11.7. The summed E-state index contributed by atoms with van der Waals surface area (Å²) >= 11 is 1.35. The highest BCUT2D eigenvalue weighted by Gasteiger charge is 2.09. The lowest BCUT2D eigenvalue weighted by Crippen LogP contribution is -2.05. The van der Waals surface area contributed by atoms with Crippen LogP contribution in [0, 0.1) is 0 Å². The zero-order valence-electron chi connectivity index (χ0n) is 13.6. The van der Waals surface area contributed by atoms with E-state index < -0.39 is 0 Å². The quantitative estimate of drug-likeness (QED) is 0.431. The van der Waals surface area contributed by atoms with E-state index in [9.17, 15) is 4.79 Å². The molecule has 1 aromatic carbocycles. The van der Waals surface area contributed by atoms with Gasteiger partial charge in [-0.15, -0.1) is 11.8 Å². The van der Waals surface area contributed by atoms with Crippen molar-refractivity contribution < 1.29 is 14.3 Å². The smallest absolute Gasteiger partial charge is 0.344 e. The van der Waals surface area contributed by atoms with Crippen LogP contribution in [0.2, 0.25) is 0 Å². The molecular formula is C19H19NO3S. The van der Waals surface area contributed by atoms with Crippen molar-refractivity contribution in [1.82, 2.24) is 4.98 Å². The monoisotopic (exact) mass is 341 g/mol. The second kappa shape index (κ2) is 9.57. The first kappa shape index (κ1) is 17.8. The average Bonchev–Trinajstić information content (AvgIpc) is 2.64. The number of carbonyl (C=O) groups is 1. The fourth-order valence-electron chi connectivity index (χ4n) is 1.88. The fraction of sp³-hybridized carbons (Fsp3) is 0.158. The number of carbonyl (C=O) groups excluding carboxylic acids is 1. The Balaban J connectivity index is 1.92. The summed E-state index contributed by atoms with van der Waals surface area (Å²) in [5.74, 6) is 0.435. The van der Waals surface area contributed by atoms with Gasteiger partial charge in [0.1, 0.15) is 12.4 Å². The van der Waals surface area contributed by atoms with Gasteiger partial charge in [-0.25, -0.2) is 4.79 Å². The molecule has 0 saturated carbocycles. The Hall–Kier alpha value is -2.53. The minimum Gasteiger partial charge on any atom is -0.497 e. The van der Waals surface area contributed by atoms with Crippen molar-refractivity contribution in [2.45, 2.75) is 6.61 Å². The molecule has 0 bridgehead atoms. The minimum atomic E-state index is -0.339. The van der Waals surface area contributed by atoms with Gasteiger partial charge in [-0.1, -0.05) is 30.4 Å². The van der Waals surface area contributed by atoms with E-state index in [1.165, 1.54) is 11.8 Å². The van der Waals surface area contributed by atoms with Crippen LogP contribution >= 0.6 is 11.8 Å². The van der Waals surface area contributed by atoms with Crippen molar-refractivity contribution in [2.24, 2.45) is 0 Å². The van der Waals surface area contributed by atoms with Crippen LogP contribution in [-0.2, 0) is 16.1 Å². The molecule has 4 nitrogen and oxygen atoms in total. The number of allylic oxidation sites excluding steroid dienone is 2. The van der Waals surface area contributed by atoms with Crippen LogP contribution in [0.1, 0.15) is 11.1 Å². The van der Waals surface area contributed by atoms with Crippen molar-refractivity contribution >= 4 is 23.8 Å². The molecule has 0 aliphatic heterocycles. The van der Waals surface area contributed by atoms with Gasteiger partial charge < -0.3 is 9.47 Å². The molecule has 0 radical (unpaired) electrons. The Labute approximate surface area is 146 Å². The number of aromatic nitrogens is 1. The summed E-state index contributed by atoms with van der Waals surface area (Å²) < 4.78 is 10.4. The van der Waals surface area contributed by atoms with Crippen LogP contribution < -0.4 is 4.74 Å². The van der Waals surface area contributed by atoms with Gasteiger partial charge in [0.15, 0.2) is 0 Å². The fourth-order valence-corrected chi connectivity index (χ4v) is 2.32. The summed E-state index contributed by atoms with van der Waals surface area (Å²) in [6, 6.07) is 11.2. The molecule has 124 valence electrons. The van der Waals surface area contributed by atoms with E-state index in [0.29, 0.717) is 4.91 Å². The second-order valence-corrected chi connectivity index (χ2v) is 5.65. The molecular weight excluding hydrogens is 322 g/mol. The van der Waals surface area contributed by atoms with E-state index in [4.69, 9.17) is 9.47 Å². The molecule has 0 fully saturated rings. The molecule has 1 heterocycles. The lowest BCUT2D eigenvalue weighted by molar-refractivity contribution is -0.139. The molecule has 0 aliphatic rings. The molecule has 0 N–H and O–H groups in total. The number of hydrogen-bond acceptors (Lipinski definition) is 5. The number of pyridine rings is 1. The van der Waals surface area contributed by atoms with Crippen molar-refractivity contribution in [2.75, 3.05) is 13.4 Å². The largest absolute Gasteiger partial charge is 0.497 e. The first-order valence-corrected chi connectivity index (χ1v) is 8.58. The van der Waals surface area contributed by atoms with E-state index in [0.717, 1.165) is 16.9 Å². The van der Waals surface area contributed by atoms with Crippen LogP contribution in [0.5, 0.6) is 5.75 Å². The van der Waals surface area contributed by atoms with Gasteiger partial charge in [0.25, 0.3) is 0 Å². The van der Waals surface area contributed by atoms with Gasteiger partial charge in [0.2, 0.25) is 0 Å². The molecule has 0 unspecified atom stereocenters. The molecule has 0 amide bonds.